The van der Waals surface area contributed by atoms with E-state index in [4.69, 9.17) is 5.11 Å². The van der Waals surface area contributed by atoms with E-state index in [1.165, 1.54) is 18.2 Å². The zero-order chi connectivity index (χ0) is 19.9. The number of carbonyl (C=O) groups is 1. The van der Waals surface area contributed by atoms with E-state index >= 15 is 0 Å². The fraction of sp³-hybridized carbons (Fsp3) is 0.350. The highest BCUT2D eigenvalue weighted by molar-refractivity contribution is 7.89. The topological polar surface area (TPSA) is 83.5 Å². The number of aryl methyl sites for hydroxylation is 1. The van der Waals surface area contributed by atoms with Crippen molar-refractivity contribution in [2.24, 2.45) is 0 Å². The number of nitrogens with one attached hydrogen (secondary N) is 1. The smallest absolute Gasteiger partial charge is 0.303 e. The second-order valence-electron chi connectivity index (χ2n) is 6.54. The van der Waals surface area contributed by atoms with Crippen LogP contribution in [0.4, 0.5) is 4.39 Å². The first-order valence-corrected chi connectivity index (χ1v) is 10.3. The van der Waals surface area contributed by atoms with Crippen LogP contribution in [0.25, 0.3) is 0 Å². The number of sulfonamides is 1. The summed E-state index contributed by atoms with van der Waals surface area (Å²) in [5.41, 5.74) is 1.51. The predicted octanol–water partition coefficient (Wildman–Crippen LogP) is 4.19. The van der Waals surface area contributed by atoms with Gasteiger partial charge in [0.05, 0.1) is 4.90 Å². The summed E-state index contributed by atoms with van der Waals surface area (Å²) < 4.78 is 41.4. The van der Waals surface area contributed by atoms with Gasteiger partial charge in [0.25, 0.3) is 0 Å². The number of carboxylic acids is 1. The van der Waals surface area contributed by atoms with Gasteiger partial charge in [-0.3, -0.25) is 4.79 Å². The van der Waals surface area contributed by atoms with E-state index in [1.54, 1.807) is 24.3 Å². The predicted molar refractivity (Wildman–Crippen MR) is 101 cm³/mol. The molecule has 7 heteroatoms. The number of rotatable bonds is 10. The molecule has 5 nitrogen and oxygen atoms in total. The SMILES string of the molecule is Cc1cccc(S(=O)(=O)NC(CCCCCC(=O)O)c2ccc(F)cc2)c1. The van der Waals surface area contributed by atoms with Crippen molar-refractivity contribution in [1.82, 2.24) is 4.72 Å². The Kier molecular flexibility index (Phi) is 7.50. The van der Waals surface area contributed by atoms with Crippen LogP contribution < -0.4 is 4.72 Å². The Balaban J connectivity index is 2.13. The quantitative estimate of drug-likeness (QED) is 0.593. The zero-order valence-electron chi connectivity index (χ0n) is 15.2. The summed E-state index contributed by atoms with van der Waals surface area (Å²) in [5, 5.41) is 8.70. The molecule has 0 bridgehead atoms. The molecule has 0 saturated carbocycles. The maximum absolute atomic E-state index is 13.2. The lowest BCUT2D eigenvalue weighted by Crippen LogP contribution is -2.28. The van der Waals surface area contributed by atoms with Crippen LogP contribution in [0.3, 0.4) is 0 Å². The Bertz CT molecular complexity index is 866. The van der Waals surface area contributed by atoms with Gasteiger partial charge in [-0.25, -0.2) is 17.5 Å². The highest BCUT2D eigenvalue weighted by atomic mass is 32.2. The fourth-order valence-electron chi connectivity index (χ4n) is 2.83. The van der Waals surface area contributed by atoms with Crippen molar-refractivity contribution in [2.75, 3.05) is 0 Å². The van der Waals surface area contributed by atoms with Gasteiger partial charge >= 0.3 is 5.97 Å². The van der Waals surface area contributed by atoms with Crippen molar-refractivity contribution < 1.29 is 22.7 Å². The molecule has 0 aliphatic carbocycles. The molecule has 146 valence electrons. The third-order valence-corrected chi connectivity index (χ3v) is 5.72. The van der Waals surface area contributed by atoms with E-state index in [1.807, 2.05) is 13.0 Å². The second-order valence-corrected chi connectivity index (χ2v) is 8.25. The molecule has 0 aromatic heterocycles. The van der Waals surface area contributed by atoms with Gasteiger partial charge < -0.3 is 5.11 Å². The maximum atomic E-state index is 13.2. The van der Waals surface area contributed by atoms with Crippen LogP contribution in [0.15, 0.2) is 53.4 Å². The van der Waals surface area contributed by atoms with Crippen LogP contribution in [-0.2, 0) is 14.8 Å². The normalized spacial score (nSPS) is 12.7. The van der Waals surface area contributed by atoms with E-state index in [-0.39, 0.29) is 17.1 Å². The van der Waals surface area contributed by atoms with Gasteiger partial charge in [0.1, 0.15) is 5.82 Å². The molecule has 2 N–H and O–H groups in total. The number of halogens is 1. The average Bonchev–Trinajstić information content (AvgIpc) is 2.61. The van der Waals surface area contributed by atoms with Gasteiger partial charge in [0.15, 0.2) is 0 Å². The van der Waals surface area contributed by atoms with Crippen molar-refractivity contribution in [1.29, 1.82) is 0 Å². The Morgan fingerprint density at radius 3 is 2.44 bits per heavy atom. The molecule has 0 spiro atoms. The van der Waals surface area contributed by atoms with Crippen molar-refractivity contribution in [2.45, 2.75) is 50.0 Å². The molecule has 1 atom stereocenters. The lowest BCUT2D eigenvalue weighted by atomic mass is 10.0. The number of hydrogen-bond donors (Lipinski definition) is 2. The van der Waals surface area contributed by atoms with Crippen molar-refractivity contribution >= 4 is 16.0 Å². The minimum atomic E-state index is -3.73. The van der Waals surface area contributed by atoms with E-state index in [0.717, 1.165) is 5.56 Å². The number of hydrogen-bond acceptors (Lipinski definition) is 3. The Morgan fingerprint density at radius 1 is 1.11 bits per heavy atom. The fourth-order valence-corrected chi connectivity index (χ4v) is 4.19. The average molecular weight is 393 g/mol. The van der Waals surface area contributed by atoms with Gasteiger partial charge in [-0.15, -0.1) is 0 Å². The van der Waals surface area contributed by atoms with E-state index < -0.39 is 22.0 Å². The molecule has 0 saturated heterocycles. The number of unbranched alkanes of at least 4 members (excludes halogenated alkanes) is 2. The van der Waals surface area contributed by atoms with Gasteiger partial charge in [0.2, 0.25) is 10.0 Å². The Hall–Kier alpha value is -2.25. The first-order chi connectivity index (χ1) is 12.8. The van der Waals surface area contributed by atoms with Crippen LogP contribution in [0.2, 0.25) is 0 Å². The van der Waals surface area contributed by atoms with Crippen molar-refractivity contribution in [3.63, 3.8) is 0 Å². The highest BCUT2D eigenvalue weighted by Gasteiger charge is 2.21. The molecule has 1 unspecified atom stereocenters. The Labute approximate surface area is 159 Å². The largest absolute Gasteiger partial charge is 0.481 e. The Morgan fingerprint density at radius 2 is 1.81 bits per heavy atom. The number of benzene rings is 2. The van der Waals surface area contributed by atoms with E-state index in [2.05, 4.69) is 4.72 Å². The van der Waals surface area contributed by atoms with Gasteiger partial charge in [0, 0.05) is 12.5 Å². The van der Waals surface area contributed by atoms with Gasteiger partial charge in [-0.05, 0) is 55.2 Å². The standard InChI is InChI=1S/C20H24FNO4S/c1-15-6-5-7-18(14-15)27(25,26)22-19(8-3-2-4-9-20(23)24)16-10-12-17(21)13-11-16/h5-7,10-14,19,22H,2-4,8-9H2,1H3,(H,23,24). The zero-order valence-corrected chi connectivity index (χ0v) is 16.0. The molecule has 2 rings (SSSR count). The number of carboxylic acid groups (broad SMARTS) is 1. The summed E-state index contributed by atoms with van der Waals surface area (Å²) in [6.07, 6.45) is 2.46. The lowest BCUT2D eigenvalue weighted by Gasteiger charge is -2.19. The second kappa shape index (κ2) is 9.62. The molecule has 0 heterocycles. The first-order valence-electron chi connectivity index (χ1n) is 8.84. The molecular weight excluding hydrogens is 369 g/mol. The van der Waals surface area contributed by atoms with E-state index in [0.29, 0.717) is 31.2 Å². The lowest BCUT2D eigenvalue weighted by molar-refractivity contribution is -0.137. The minimum Gasteiger partial charge on any atom is -0.481 e. The third kappa shape index (κ3) is 6.77. The molecule has 0 aliphatic heterocycles. The summed E-state index contributed by atoms with van der Waals surface area (Å²) in [6.45, 7) is 1.82. The van der Waals surface area contributed by atoms with Crippen LogP contribution in [0.5, 0.6) is 0 Å². The van der Waals surface area contributed by atoms with Gasteiger partial charge in [-0.1, -0.05) is 37.1 Å². The monoisotopic (exact) mass is 393 g/mol. The molecule has 2 aromatic rings. The van der Waals surface area contributed by atoms with Crippen LogP contribution in [-0.4, -0.2) is 19.5 Å². The first kappa shape index (κ1) is 21.1. The molecule has 0 radical (unpaired) electrons. The maximum Gasteiger partial charge on any atom is 0.303 e. The van der Waals surface area contributed by atoms with E-state index in [9.17, 15) is 17.6 Å². The van der Waals surface area contributed by atoms with Crippen LogP contribution >= 0.6 is 0 Å². The summed E-state index contributed by atoms with van der Waals surface area (Å²) in [7, 11) is -3.73. The van der Waals surface area contributed by atoms with Gasteiger partial charge in [-0.2, -0.15) is 0 Å². The molecule has 0 aliphatic rings. The summed E-state index contributed by atoms with van der Waals surface area (Å²) in [6, 6.07) is 11.8. The third-order valence-electron chi connectivity index (χ3n) is 4.25. The van der Waals surface area contributed by atoms with Crippen molar-refractivity contribution in [3.05, 3.63) is 65.5 Å². The molecule has 2 aromatic carbocycles. The highest BCUT2D eigenvalue weighted by Crippen LogP contribution is 2.24. The van der Waals surface area contributed by atoms with Crippen molar-refractivity contribution in [3.8, 4) is 0 Å². The summed E-state index contributed by atoms with van der Waals surface area (Å²) in [5.74, 6) is -1.23. The van der Waals surface area contributed by atoms with Crippen LogP contribution in [0.1, 0.15) is 49.3 Å². The number of aliphatic carboxylic acids is 1. The minimum absolute atomic E-state index is 0.0935. The molecular formula is C20H24FNO4S. The van der Waals surface area contributed by atoms with Crippen LogP contribution in [0, 0.1) is 12.7 Å². The molecule has 0 amide bonds. The summed E-state index contributed by atoms with van der Waals surface area (Å²) >= 11 is 0. The molecule has 0 fully saturated rings. The summed E-state index contributed by atoms with van der Waals surface area (Å²) in [4.78, 5) is 10.8. The molecule has 27 heavy (non-hydrogen) atoms.